The number of hydrogen-bond acceptors (Lipinski definition) is 3. The van der Waals surface area contributed by atoms with E-state index in [-0.39, 0.29) is 11.5 Å². The Balaban J connectivity index is 1.68. The summed E-state index contributed by atoms with van der Waals surface area (Å²) in [4.78, 5) is 17.8. The zero-order valence-corrected chi connectivity index (χ0v) is 19.9. The summed E-state index contributed by atoms with van der Waals surface area (Å²) in [5.74, 6) is 0.883. The van der Waals surface area contributed by atoms with Crippen LogP contribution in [0.1, 0.15) is 73.1 Å². The first-order valence-corrected chi connectivity index (χ1v) is 12.3. The quantitative estimate of drug-likeness (QED) is 0.578. The number of hydrogen-bond donors (Lipinski definition) is 1. The van der Waals surface area contributed by atoms with Crippen molar-refractivity contribution in [1.29, 1.82) is 0 Å². The molecule has 32 heavy (non-hydrogen) atoms. The Morgan fingerprint density at radius 2 is 1.84 bits per heavy atom. The molecule has 5 nitrogen and oxygen atoms in total. The number of carbonyl (C=O) groups is 1. The summed E-state index contributed by atoms with van der Waals surface area (Å²) >= 11 is 0. The van der Waals surface area contributed by atoms with Crippen molar-refractivity contribution in [3.05, 3.63) is 41.2 Å². The fourth-order valence-corrected chi connectivity index (χ4v) is 5.07. The second-order valence-corrected chi connectivity index (χ2v) is 9.90. The van der Waals surface area contributed by atoms with Crippen molar-refractivity contribution in [1.82, 2.24) is 20.0 Å². The van der Waals surface area contributed by atoms with Gasteiger partial charge in [-0.2, -0.15) is 8.78 Å². The number of aromatic nitrogens is 2. The van der Waals surface area contributed by atoms with Gasteiger partial charge in [-0.15, -0.1) is 0 Å². The maximum Gasteiger partial charge on any atom is 0.286 e. The monoisotopic (exact) mass is 462 g/mol. The Labute approximate surface area is 191 Å². The topological polar surface area (TPSA) is 50.2 Å². The third-order valence-corrected chi connectivity index (χ3v) is 7.06. The van der Waals surface area contributed by atoms with E-state index in [2.05, 4.69) is 9.99 Å². The van der Waals surface area contributed by atoms with Crippen molar-refractivity contribution in [3.8, 4) is 11.4 Å². The molecule has 2 fully saturated rings. The van der Waals surface area contributed by atoms with E-state index in [4.69, 9.17) is 4.98 Å². The summed E-state index contributed by atoms with van der Waals surface area (Å²) < 4.78 is 30.0. The van der Waals surface area contributed by atoms with Crippen molar-refractivity contribution in [2.24, 2.45) is 5.92 Å². The van der Waals surface area contributed by atoms with Crippen LogP contribution in [0.25, 0.3) is 11.4 Å². The third kappa shape index (κ3) is 5.37. The van der Waals surface area contributed by atoms with Crippen molar-refractivity contribution >= 4 is 15.1 Å². The largest absolute Gasteiger partial charge is 0.327 e. The van der Waals surface area contributed by atoms with Crippen molar-refractivity contribution in [3.63, 3.8) is 0 Å². The highest BCUT2D eigenvalue weighted by Gasteiger charge is 2.28. The summed E-state index contributed by atoms with van der Waals surface area (Å²) in [5, 5.41) is 1.96. The number of nitrogens with zero attached hydrogens (tertiary/aromatic N) is 3. The predicted octanol–water partition coefficient (Wildman–Crippen LogP) is 5.49. The van der Waals surface area contributed by atoms with Gasteiger partial charge in [-0.1, -0.05) is 53.1 Å². The molecule has 1 aliphatic heterocycles. The van der Waals surface area contributed by atoms with Crippen molar-refractivity contribution in [2.75, 3.05) is 13.1 Å². The summed E-state index contributed by atoms with van der Waals surface area (Å²) in [6, 6.07) is 6.33. The van der Waals surface area contributed by atoms with Gasteiger partial charge in [-0.05, 0) is 44.6 Å². The molecule has 1 unspecified atom stereocenters. The number of carbonyl (C=O) groups excluding carboxylic acids is 1. The van der Waals surface area contributed by atoms with Gasteiger partial charge in [0.25, 0.3) is 11.6 Å². The van der Waals surface area contributed by atoms with Gasteiger partial charge in [0.05, 0.1) is 0 Å². The zero-order valence-electron chi connectivity index (χ0n) is 18.7. The highest BCUT2D eigenvalue weighted by atomic mass is 31.0. The van der Waals surface area contributed by atoms with Crippen LogP contribution < -0.4 is 5.43 Å². The second kappa shape index (κ2) is 9.96. The molecule has 174 valence electrons. The SMILES string of the molecule is Cc1c(C(=O)NN2CCCCC2)nc(-c2cccc(C(F)(F)P)c2)n1CC1CCCCC1. The Kier molecular flexibility index (Phi) is 7.26. The number of nitrogens with one attached hydrogen (secondary N) is 1. The van der Waals surface area contributed by atoms with Gasteiger partial charge in [-0.3, -0.25) is 10.2 Å². The molecule has 1 saturated carbocycles. The number of imidazole rings is 1. The van der Waals surface area contributed by atoms with Crippen LogP contribution in [0.2, 0.25) is 0 Å². The molecule has 4 rings (SSSR count). The van der Waals surface area contributed by atoms with E-state index in [9.17, 15) is 13.6 Å². The summed E-state index contributed by atoms with van der Waals surface area (Å²) in [6.07, 6.45) is 9.30. The fraction of sp³-hybridized carbons (Fsp3) is 0.583. The van der Waals surface area contributed by atoms with Crippen LogP contribution in [0.15, 0.2) is 24.3 Å². The van der Waals surface area contributed by atoms with Gasteiger partial charge in [0, 0.05) is 36.5 Å². The van der Waals surface area contributed by atoms with Crippen LogP contribution in [-0.2, 0) is 12.2 Å². The number of hydrazine groups is 1. The molecule has 8 heteroatoms. The molecule has 1 amide bonds. The average Bonchev–Trinajstić information content (AvgIpc) is 3.11. The molecular formula is C24H33F2N4OP. The lowest BCUT2D eigenvalue weighted by atomic mass is 9.89. The van der Waals surface area contributed by atoms with E-state index in [1.807, 2.05) is 11.9 Å². The minimum Gasteiger partial charge on any atom is -0.327 e. The molecule has 1 aliphatic carbocycles. The first-order chi connectivity index (χ1) is 15.3. The third-order valence-electron chi connectivity index (χ3n) is 6.72. The number of rotatable bonds is 6. The molecule has 2 aromatic rings. The van der Waals surface area contributed by atoms with Crippen LogP contribution in [0.4, 0.5) is 8.78 Å². The zero-order chi connectivity index (χ0) is 22.7. The van der Waals surface area contributed by atoms with Gasteiger partial charge >= 0.3 is 0 Å². The van der Waals surface area contributed by atoms with Crippen LogP contribution in [0.3, 0.4) is 0 Å². The smallest absolute Gasteiger partial charge is 0.286 e. The molecule has 1 atom stereocenters. The number of halogens is 2. The maximum atomic E-state index is 14.0. The average molecular weight is 463 g/mol. The highest BCUT2D eigenvalue weighted by Crippen LogP contribution is 2.37. The number of benzene rings is 1. The molecular weight excluding hydrogens is 429 g/mol. The highest BCUT2D eigenvalue weighted by molar-refractivity contribution is 7.17. The fourth-order valence-electron chi connectivity index (χ4n) is 4.89. The van der Waals surface area contributed by atoms with E-state index in [1.165, 1.54) is 37.8 Å². The van der Waals surface area contributed by atoms with Gasteiger partial charge in [0.1, 0.15) is 5.82 Å². The number of amides is 1. The van der Waals surface area contributed by atoms with Crippen LogP contribution in [0.5, 0.6) is 0 Å². The molecule has 1 aromatic heterocycles. The number of piperidine rings is 1. The Hall–Kier alpha value is -1.85. The molecule has 2 heterocycles. The van der Waals surface area contributed by atoms with Gasteiger partial charge < -0.3 is 4.57 Å². The van der Waals surface area contributed by atoms with E-state index in [0.29, 0.717) is 23.0 Å². The lowest BCUT2D eigenvalue weighted by Gasteiger charge is -2.26. The van der Waals surface area contributed by atoms with E-state index < -0.39 is 5.66 Å². The van der Waals surface area contributed by atoms with Crippen molar-refractivity contribution in [2.45, 2.75) is 70.5 Å². The molecule has 1 aromatic carbocycles. The molecule has 1 saturated heterocycles. The van der Waals surface area contributed by atoms with E-state index >= 15 is 0 Å². The summed E-state index contributed by atoms with van der Waals surface area (Å²) in [5.41, 5.74) is 1.69. The van der Waals surface area contributed by atoms with E-state index in [0.717, 1.165) is 51.0 Å². The molecule has 0 spiro atoms. The minimum absolute atomic E-state index is 0.0795. The van der Waals surface area contributed by atoms with Crippen molar-refractivity contribution < 1.29 is 13.6 Å². The standard InChI is InChI=1S/C24H33F2N4OP/c1-17-21(23(31)28-29-13-6-3-7-14-29)27-22(30(17)16-18-9-4-2-5-10-18)19-11-8-12-20(15-19)24(25,26)32/h8,11-12,15,18H,2-7,9-10,13-14,16,32H2,1H3,(H,28,31). The summed E-state index contributed by atoms with van der Waals surface area (Å²) in [6.45, 7) is 4.35. The first kappa shape index (κ1) is 23.3. The molecule has 2 aliphatic rings. The van der Waals surface area contributed by atoms with E-state index in [1.54, 1.807) is 21.4 Å². The van der Waals surface area contributed by atoms with Gasteiger partial charge in [0.2, 0.25) is 0 Å². The van der Waals surface area contributed by atoms with Crippen LogP contribution >= 0.6 is 9.24 Å². The normalized spacial score (nSPS) is 18.6. The molecule has 0 radical (unpaired) electrons. The Morgan fingerprint density at radius 3 is 2.53 bits per heavy atom. The first-order valence-electron chi connectivity index (χ1n) is 11.7. The molecule has 1 N–H and O–H groups in total. The number of alkyl halides is 2. The van der Waals surface area contributed by atoms with Gasteiger partial charge in [0.15, 0.2) is 5.69 Å². The second-order valence-electron chi connectivity index (χ2n) is 9.18. The van der Waals surface area contributed by atoms with Crippen LogP contribution in [-0.4, -0.2) is 33.6 Å². The van der Waals surface area contributed by atoms with Gasteiger partial charge in [-0.25, -0.2) is 9.99 Å². The maximum absolute atomic E-state index is 14.0. The molecule has 0 bridgehead atoms. The van der Waals surface area contributed by atoms with Crippen LogP contribution in [0, 0.1) is 12.8 Å². The lowest BCUT2D eigenvalue weighted by molar-refractivity contribution is 0.0744. The Morgan fingerprint density at radius 1 is 1.16 bits per heavy atom. The Bertz CT molecular complexity index is 944. The lowest BCUT2D eigenvalue weighted by Crippen LogP contribution is -2.45. The minimum atomic E-state index is -3.01. The predicted molar refractivity (Wildman–Crippen MR) is 125 cm³/mol. The summed E-state index contributed by atoms with van der Waals surface area (Å²) in [7, 11) is 1.60.